The minimum absolute atomic E-state index is 0.980. The van der Waals surface area contributed by atoms with Crippen molar-refractivity contribution in [1.29, 1.82) is 0 Å². The summed E-state index contributed by atoms with van der Waals surface area (Å²) in [5.41, 5.74) is 0. The molecule has 0 spiro atoms. The van der Waals surface area contributed by atoms with Gasteiger partial charge in [-0.3, -0.25) is 4.52 Å². The van der Waals surface area contributed by atoms with E-state index >= 15 is 0 Å². The average molecular weight is 164 g/mol. The third-order valence-electron chi connectivity index (χ3n) is 0.631. The van der Waals surface area contributed by atoms with Gasteiger partial charge < -0.3 is 9.05 Å². The van der Waals surface area contributed by atoms with Gasteiger partial charge in [0.25, 0.3) is 0 Å². The number of hydrogen-bond donors (Lipinski definition) is 0. The van der Waals surface area contributed by atoms with E-state index in [0.717, 1.165) is 12.5 Å². The maximum Gasteiger partial charge on any atom is 0.586 e. The van der Waals surface area contributed by atoms with E-state index in [-0.39, 0.29) is 0 Å². The Bertz CT molecular complexity index is 151. The number of phosphoric acid groups is 1. The third kappa shape index (κ3) is 2.71. The van der Waals surface area contributed by atoms with Crippen molar-refractivity contribution in [1.82, 2.24) is 0 Å². The van der Waals surface area contributed by atoms with Gasteiger partial charge in [-0.15, -0.1) is 0 Å². The summed E-state index contributed by atoms with van der Waals surface area (Å²) in [6, 6.07) is 0. The van der Waals surface area contributed by atoms with E-state index in [0.29, 0.717) is 0 Å². The molecule has 0 unspecified atom stereocenters. The summed E-state index contributed by atoms with van der Waals surface area (Å²) < 4.78 is 24.2. The van der Waals surface area contributed by atoms with E-state index in [1.807, 2.05) is 0 Å². The molecular formula is C5H9O4P. The second-order valence-corrected chi connectivity index (χ2v) is 2.86. The van der Waals surface area contributed by atoms with E-state index in [2.05, 4.69) is 26.7 Å². The topological polar surface area (TPSA) is 44.8 Å². The zero-order valence-electron chi connectivity index (χ0n) is 5.65. The van der Waals surface area contributed by atoms with Gasteiger partial charge in [0.2, 0.25) is 0 Å². The van der Waals surface area contributed by atoms with Crippen LogP contribution in [0.5, 0.6) is 0 Å². The molecule has 58 valence electrons. The molecule has 0 aliphatic rings. The van der Waals surface area contributed by atoms with E-state index < -0.39 is 7.82 Å². The van der Waals surface area contributed by atoms with Crippen molar-refractivity contribution in [2.24, 2.45) is 0 Å². The van der Waals surface area contributed by atoms with Crippen LogP contribution in [-0.4, -0.2) is 7.11 Å². The molecule has 0 aromatic heterocycles. The molecule has 0 amide bonds. The van der Waals surface area contributed by atoms with Crippen molar-refractivity contribution in [2.75, 3.05) is 7.11 Å². The molecule has 0 saturated heterocycles. The van der Waals surface area contributed by atoms with Gasteiger partial charge in [0.05, 0.1) is 12.5 Å². The molecule has 0 atom stereocenters. The van der Waals surface area contributed by atoms with E-state index in [1.165, 1.54) is 7.11 Å². The summed E-state index contributed by atoms with van der Waals surface area (Å²) in [4.78, 5) is 0. The van der Waals surface area contributed by atoms with Crippen LogP contribution in [0.1, 0.15) is 0 Å². The summed E-state index contributed by atoms with van der Waals surface area (Å²) in [5.74, 6) is 0. The van der Waals surface area contributed by atoms with Gasteiger partial charge in [-0.2, -0.15) is 0 Å². The molecule has 0 aliphatic carbocycles. The van der Waals surface area contributed by atoms with Crippen LogP contribution in [0.15, 0.2) is 25.7 Å². The molecule has 0 aliphatic heterocycles. The molecule has 0 aromatic rings. The van der Waals surface area contributed by atoms with Gasteiger partial charge in [0.15, 0.2) is 0 Å². The first kappa shape index (κ1) is 9.27. The summed E-state index contributed by atoms with van der Waals surface area (Å²) in [7, 11) is -2.23. The summed E-state index contributed by atoms with van der Waals surface area (Å²) >= 11 is 0. The van der Waals surface area contributed by atoms with Crippen molar-refractivity contribution in [2.45, 2.75) is 0 Å². The minimum Gasteiger partial charge on any atom is -0.404 e. The number of hydrogen-bond acceptors (Lipinski definition) is 4. The predicted octanol–water partition coefficient (Wildman–Crippen LogP) is 2.06. The van der Waals surface area contributed by atoms with Crippen molar-refractivity contribution >= 4 is 7.82 Å². The normalized spacial score (nSPS) is 10.1. The van der Waals surface area contributed by atoms with Crippen molar-refractivity contribution in [3.05, 3.63) is 25.7 Å². The molecule has 0 N–H and O–H groups in total. The minimum atomic E-state index is -3.44. The van der Waals surface area contributed by atoms with Crippen molar-refractivity contribution < 1.29 is 18.1 Å². The fourth-order valence-corrected chi connectivity index (χ4v) is 0.880. The van der Waals surface area contributed by atoms with Crippen molar-refractivity contribution in [3.8, 4) is 0 Å². The van der Waals surface area contributed by atoms with Crippen LogP contribution >= 0.6 is 7.82 Å². The Labute approximate surface area is 59.7 Å². The van der Waals surface area contributed by atoms with E-state index in [9.17, 15) is 4.57 Å². The summed E-state index contributed by atoms with van der Waals surface area (Å²) in [5, 5.41) is 0. The number of rotatable bonds is 5. The molecule has 0 rings (SSSR count). The fraction of sp³-hybridized carbons (Fsp3) is 0.200. The molecule has 0 saturated carbocycles. The lowest BCUT2D eigenvalue weighted by molar-refractivity contribution is 0.212. The second-order valence-electron chi connectivity index (χ2n) is 1.17. The first-order valence-electron chi connectivity index (χ1n) is 2.43. The van der Waals surface area contributed by atoms with Crippen LogP contribution < -0.4 is 0 Å². The highest BCUT2D eigenvalue weighted by molar-refractivity contribution is 7.48. The first-order valence-corrected chi connectivity index (χ1v) is 3.89. The van der Waals surface area contributed by atoms with Crippen LogP contribution in [0.25, 0.3) is 0 Å². The van der Waals surface area contributed by atoms with Gasteiger partial charge in [-0.05, 0) is 0 Å². The highest BCUT2D eigenvalue weighted by Crippen LogP contribution is 2.48. The van der Waals surface area contributed by atoms with Crippen LogP contribution in [0.3, 0.4) is 0 Å². The fourth-order valence-electron chi connectivity index (χ4n) is 0.293. The Morgan fingerprint density at radius 1 is 1.30 bits per heavy atom. The molecule has 0 fully saturated rings. The van der Waals surface area contributed by atoms with Gasteiger partial charge in [-0.25, -0.2) is 4.57 Å². The lowest BCUT2D eigenvalue weighted by Gasteiger charge is -2.10. The Balaban J connectivity index is 4.07. The second kappa shape index (κ2) is 4.14. The quantitative estimate of drug-likeness (QED) is 0.460. The molecule has 4 nitrogen and oxygen atoms in total. The molecule has 5 heteroatoms. The summed E-state index contributed by atoms with van der Waals surface area (Å²) in [6.45, 7) is 6.37. The van der Waals surface area contributed by atoms with Crippen LogP contribution in [-0.2, 0) is 18.1 Å². The Hall–Kier alpha value is -0.730. The zero-order valence-corrected chi connectivity index (χ0v) is 6.54. The largest absolute Gasteiger partial charge is 0.586 e. The molecule has 0 aromatic carbocycles. The van der Waals surface area contributed by atoms with Gasteiger partial charge >= 0.3 is 7.82 Å². The van der Waals surface area contributed by atoms with Gasteiger partial charge in [0, 0.05) is 7.11 Å². The zero-order chi connectivity index (χ0) is 8.04. The Morgan fingerprint density at radius 3 is 1.90 bits per heavy atom. The van der Waals surface area contributed by atoms with Gasteiger partial charge in [-0.1, -0.05) is 13.2 Å². The van der Waals surface area contributed by atoms with Crippen LogP contribution in [0.4, 0.5) is 0 Å². The third-order valence-corrected chi connectivity index (χ3v) is 1.89. The van der Waals surface area contributed by atoms with Gasteiger partial charge in [0.1, 0.15) is 0 Å². The molecular weight excluding hydrogens is 155 g/mol. The lowest BCUT2D eigenvalue weighted by atomic mass is 11.2. The lowest BCUT2D eigenvalue weighted by Crippen LogP contribution is -1.87. The van der Waals surface area contributed by atoms with Crippen LogP contribution in [0.2, 0.25) is 0 Å². The standard InChI is InChI=1S/C5H9O4P/c1-4-8-10(6,7-3)9-5-2/h4-5H,1-2H2,3H3. The Kier molecular flexibility index (Phi) is 3.84. The van der Waals surface area contributed by atoms with Crippen molar-refractivity contribution in [3.63, 3.8) is 0 Å². The Morgan fingerprint density at radius 2 is 1.70 bits per heavy atom. The van der Waals surface area contributed by atoms with Crippen LogP contribution in [0, 0.1) is 0 Å². The van der Waals surface area contributed by atoms with E-state index in [4.69, 9.17) is 0 Å². The first-order chi connectivity index (χ1) is 4.68. The van der Waals surface area contributed by atoms with E-state index in [1.54, 1.807) is 0 Å². The summed E-state index contributed by atoms with van der Waals surface area (Å²) in [6.07, 6.45) is 1.96. The maximum atomic E-state index is 11.0. The monoisotopic (exact) mass is 164 g/mol. The number of phosphoric ester groups is 1. The average Bonchev–Trinajstić information content (AvgIpc) is 1.89. The molecule has 10 heavy (non-hydrogen) atoms. The molecule has 0 bridgehead atoms. The smallest absolute Gasteiger partial charge is 0.404 e. The molecule has 0 heterocycles. The molecule has 0 radical (unpaired) electrons. The highest BCUT2D eigenvalue weighted by Gasteiger charge is 2.23. The predicted molar refractivity (Wildman–Crippen MR) is 37.2 cm³/mol. The highest BCUT2D eigenvalue weighted by atomic mass is 31.2. The SMILES string of the molecule is C=COP(=O)(OC)OC=C. The maximum absolute atomic E-state index is 11.0.